The van der Waals surface area contributed by atoms with E-state index >= 15 is 0 Å². The summed E-state index contributed by atoms with van der Waals surface area (Å²) >= 11 is 0. The monoisotopic (exact) mass is 261 g/mol. The molecule has 0 bridgehead atoms. The number of hydrogen-bond donors (Lipinski definition) is 1. The van der Waals surface area contributed by atoms with E-state index in [1.807, 2.05) is 0 Å². The smallest absolute Gasteiger partial charge is 0.0465 e. The Kier molecular flexibility index (Phi) is 4.97. The van der Waals surface area contributed by atoms with Crippen LogP contribution in [0.5, 0.6) is 0 Å². The number of nitrogens with two attached hydrogens (primary N) is 1. The average molecular weight is 261 g/mol. The van der Waals surface area contributed by atoms with Gasteiger partial charge in [0.05, 0.1) is 0 Å². The maximum absolute atomic E-state index is 6.48. The SMILES string of the molecule is CCCc1ccc(C(N)C2CN(C)CCN2C)cc1. The van der Waals surface area contributed by atoms with Crippen molar-refractivity contribution < 1.29 is 0 Å². The molecule has 106 valence electrons. The van der Waals surface area contributed by atoms with Gasteiger partial charge >= 0.3 is 0 Å². The van der Waals surface area contributed by atoms with Crippen molar-refractivity contribution in [2.45, 2.75) is 31.8 Å². The molecule has 1 fully saturated rings. The first-order chi connectivity index (χ1) is 9.11. The van der Waals surface area contributed by atoms with Gasteiger partial charge in [0.25, 0.3) is 0 Å². The molecule has 1 heterocycles. The quantitative estimate of drug-likeness (QED) is 0.898. The Labute approximate surface area is 117 Å². The fourth-order valence-electron chi connectivity index (χ4n) is 2.85. The standard InChI is InChI=1S/C16H27N3/c1-4-5-13-6-8-14(9-7-13)16(17)15-12-18(2)10-11-19(15)3/h6-9,15-16H,4-5,10-12,17H2,1-3H3. The van der Waals surface area contributed by atoms with Crippen molar-refractivity contribution in [2.24, 2.45) is 5.73 Å². The lowest BCUT2D eigenvalue weighted by atomic mass is 9.96. The molecule has 0 saturated carbocycles. The van der Waals surface area contributed by atoms with Crippen LogP contribution in [0.4, 0.5) is 0 Å². The van der Waals surface area contributed by atoms with E-state index in [4.69, 9.17) is 5.73 Å². The molecule has 3 heteroatoms. The van der Waals surface area contributed by atoms with Crippen LogP contribution in [-0.4, -0.2) is 49.6 Å². The molecule has 0 amide bonds. The van der Waals surface area contributed by atoms with Gasteiger partial charge in [-0.15, -0.1) is 0 Å². The summed E-state index contributed by atoms with van der Waals surface area (Å²) in [4.78, 5) is 4.76. The van der Waals surface area contributed by atoms with Gasteiger partial charge in [0.2, 0.25) is 0 Å². The molecule has 3 nitrogen and oxygen atoms in total. The molecule has 1 saturated heterocycles. The molecule has 1 aliphatic heterocycles. The Morgan fingerprint density at radius 3 is 2.53 bits per heavy atom. The minimum absolute atomic E-state index is 0.100. The Morgan fingerprint density at radius 1 is 1.21 bits per heavy atom. The van der Waals surface area contributed by atoms with E-state index in [2.05, 4.69) is 55.1 Å². The van der Waals surface area contributed by atoms with Gasteiger partial charge < -0.3 is 10.6 Å². The predicted molar refractivity (Wildman–Crippen MR) is 81.3 cm³/mol. The summed E-state index contributed by atoms with van der Waals surface area (Å²) in [6, 6.07) is 9.38. The molecular weight excluding hydrogens is 234 g/mol. The van der Waals surface area contributed by atoms with E-state index in [-0.39, 0.29) is 6.04 Å². The molecule has 1 aromatic carbocycles. The molecule has 2 atom stereocenters. The number of piperazine rings is 1. The van der Waals surface area contributed by atoms with Gasteiger partial charge in [-0.05, 0) is 31.6 Å². The van der Waals surface area contributed by atoms with Crippen LogP contribution in [-0.2, 0) is 6.42 Å². The minimum atomic E-state index is 0.100. The summed E-state index contributed by atoms with van der Waals surface area (Å²) in [5.41, 5.74) is 9.14. The zero-order chi connectivity index (χ0) is 13.8. The van der Waals surface area contributed by atoms with E-state index in [9.17, 15) is 0 Å². The molecule has 19 heavy (non-hydrogen) atoms. The van der Waals surface area contributed by atoms with Crippen molar-refractivity contribution in [3.8, 4) is 0 Å². The van der Waals surface area contributed by atoms with Gasteiger partial charge in [-0.3, -0.25) is 4.90 Å². The molecule has 2 rings (SSSR count). The summed E-state index contributed by atoms with van der Waals surface area (Å²) in [5, 5.41) is 0. The Morgan fingerprint density at radius 2 is 1.89 bits per heavy atom. The number of hydrogen-bond acceptors (Lipinski definition) is 3. The summed E-state index contributed by atoms with van der Waals surface area (Å²) in [6.07, 6.45) is 2.35. The summed E-state index contributed by atoms with van der Waals surface area (Å²) in [5.74, 6) is 0. The molecule has 1 aromatic rings. The van der Waals surface area contributed by atoms with Crippen molar-refractivity contribution in [3.63, 3.8) is 0 Å². The highest BCUT2D eigenvalue weighted by Crippen LogP contribution is 2.21. The van der Waals surface area contributed by atoms with Crippen LogP contribution < -0.4 is 5.73 Å². The van der Waals surface area contributed by atoms with Crippen LogP contribution in [0.3, 0.4) is 0 Å². The van der Waals surface area contributed by atoms with Gasteiger partial charge in [-0.25, -0.2) is 0 Å². The molecule has 0 spiro atoms. The van der Waals surface area contributed by atoms with Gasteiger partial charge in [0.1, 0.15) is 0 Å². The molecular formula is C16H27N3. The third-order valence-electron chi connectivity index (χ3n) is 4.22. The van der Waals surface area contributed by atoms with Crippen LogP contribution in [0, 0.1) is 0 Å². The zero-order valence-corrected chi connectivity index (χ0v) is 12.5. The number of likely N-dealkylation sites (N-methyl/N-ethyl adjacent to an activating group) is 2. The minimum Gasteiger partial charge on any atom is -0.323 e. The molecule has 2 N–H and O–H groups in total. The second-order valence-corrected chi connectivity index (χ2v) is 5.83. The number of rotatable bonds is 4. The maximum atomic E-state index is 6.48. The Hall–Kier alpha value is -0.900. The van der Waals surface area contributed by atoms with Crippen LogP contribution >= 0.6 is 0 Å². The largest absolute Gasteiger partial charge is 0.323 e. The molecule has 1 aliphatic rings. The van der Waals surface area contributed by atoms with E-state index in [0.717, 1.165) is 26.1 Å². The number of benzene rings is 1. The highest BCUT2D eigenvalue weighted by molar-refractivity contribution is 5.26. The summed E-state index contributed by atoms with van der Waals surface area (Å²) in [7, 11) is 4.36. The molecule has 2 unspecified atom stereocenters. The summed E-state index contributed by atoms with van der Waals surface area (Å²) < 4.78 is 0. The summed E-state index contributed by atoms with van der Waals surface area (Å²) in [6.45, 7) is 5.50. The Balaban J connectivity index is 2.07. The normalized spacial score (nSPS) is 23.5. The predicted octanol–water partition coefficient (Wildman–Crippen LogP) is 1.88. The fraction of sp³-hybridized carbons (Fsp3) is 0.625. The maximum Gasteiger partial charge on any atom is 0.0465 e. The van der Waals surface area contributed by atoms with Crippen molar-refractivity contribution in [3.05, 3.63) is 35.4 Å². The lowest BCUT2D eigenvalue weighted by molar-refractivity contribution is 0.0974. The average Bonchev–Trinajstić information content (AvgIpc) is 2.42. The first-order valence-corrected chi connectivity index (χ1v) is 7.35. The van der Waals surface area contributed by atoms with Crippen molar-refractivity contribution in [2.75, 3.05) is 33.7 Å². The Bertz CT molecular complexity index is 387. The first kappa shape index (κ1) is 14.5. The fourth-order valence-corrected chi connectivity index (χ4v) is 2.85. The van der Waals surface area contributed by atoms with E-state index in [1.54, 1.807) is 0 Å². The second-order valence-electron chi connectivity index (χ2n) is 5.83. The van der Waals surface area contributed by atoms with Gasteiger partial charge in [0.15, 0.2) is 0 Å². The second kappa shape index (κ2) is 6.51. The molecule has 0 aliphatic carbocycles. The van der Waals surface area contributed by atoms with Gasteiger partial charge in [-0.2, -0.15) is 0 Å². The third kappa shape index (κ3) is 3.56. The highest BCUT2D eigenvalue weighted by Gasteiger charge is 2.28. The van der Waals surface area contributed by atoms with E-state index < -0.39 is 0 Å². The van der Waals surface area contributed by atoms with Crippen molar-refractivity contribution in [1.82, 2.24) is 9.80 Å². The highest BCUT2D eigenvalue weighted by atomic mass is 15.3. The number of nitrogens with zero attached hydrogens (tertiary/aromatic N) is 2. The molecule has 0 radical (unpaired) electrons. The third-order valence-corrected chi connectivity index (χ3v) is 4.22. The van der Waals surface area contributed by atoms with E-state index in [1.165, 1.54) is 17.5 Å². The van der Waals surface area contributed by atoms with Crippen molar-refractivity contribution >= 4 is 0 Å². The van der Waals surface area contributed by atoms with Crippen LogP contribution in [0.15, 0.2) is 24.3 Å². The molecule has 0 aromatic heterocycles. The van der Waals surface area contributed by atoms with Gasteiger partial charge in [0, 0.05) is 31.7 Å². The first-order valence-electron chi connectivity index (χ1n) is 7.35. The lowest BCUT2D eigenvalue weighted by Gasteiger charge is -2.40. The number of aryl methyl sites for hydroxylation is 1. The lowest BCUT2D eigenvalue weighted by Crippen LogP contribution is -2.54. The van der Waals surface area contributed by atoms with E-state index in [0.29, 0.717) is 6.04 Å². The topological polar surface area (TPSA) is 32.5 Å². The zero-order valence-electron chi connectivity index (χ0n) is 12.5. The van der Waals surface area contributed by atoms with Crippen molar-refractivity contribution in [1.29, 1.82) is 0 Å². The van der Waals surface area contributed by atoms with Crippen LogP contribution in [0.2, 0.25) is 0 Å². The van der Waals surface area contributed by atoms with Crippen LogP contribution in [0.1, 0.15) is 30.5 Å². The van der Waals surface area contributed by atoms with Gasteiger partial charge in [-0.1, -0.05) is 37.6 Å². The van der Waals surface area contributed by atoms with Crippen LogP contribution in [0.25, 0.3) is 0 Å².